The van der Waals surface area contributed by atoms with E-state index >= 15 is 0 Å². The van der Waals surface area contributed by atoms with E-state index in [1.165, 1.54) is 0 Å². The summed E-state index contributed by atoms with van der Waals surface area (Å²) in [5.41, 5.74) is 1.55. The van der Waals surface area contributed by atoms with E-state index in [-0.39, 0.29) is 6.04 Å². The normalized spacial score (nSPS) is 25.8. The quantitative estimate of drug-likeness (QED) is 0.874. The maximum atomic E-state index is 11.5. The zero-order valence-corrected chi connectivity index (χ0v) is 11.2. The number of para-hydroxylation sites is 1. The minimum Gasteiger partial charge on any atom is -0.481 e. The number of hydrogen-bond donors (Lipinski definition) is 2. The van der Waals surface area contributed by atoms with Gasteiger partial charge in [-0.1, -0.05) is 18.6 Å². The third-order valence-electron chi connectivity index (χ3n) is 4.16. The number of aryl methyl sites for hydroxylation is 1. The molecule has 0 bridgehead atoms. The summed E-state index contributed by atoms with van der Waals surface area (Å²) in [5, 5.41) is 21.9. The lowest BCUT2D eigenvalue weighted by Crippen LogP contribution is -2.40. The van der Waals surface area contributed by atoms with Crippen LogP contribution in [-0.2, 0) is 4.79 Å². The predicted octanol–water partition coefficient (Wildman–Crippen LogP) is 2.92. The lowest BCUT2D eigenvalue weighted by Gasteiger charge is -2.29. The molecule has 0 aliphatic heterocycles. The van der Waals surface area contributed by atoms with Gasteiger partial charge in [-0.25, -0.2) is 0 Å². The fourth-order valence-electron chi connectivity index (χ4n) is 2.78. The molecule has 19 heavy (non-hydrogen) atoms. The van der Waals surface area contributed by atoms with Gasteiger partial charge in [0.15, 0.2) is 0 Å². The first-order valence-corrected chi connectivity index (χ1v) is 6.48. The molecule has 1 aromatic carbocycles. The van der Waals surface area contributed by atoms with Gasteiger partial charge in [-0.15, -0.1) is 0 Å². The Morgan fingerprint density at radius 2 is 2.32 bits per heavy atom. The Morgan fingerprint density at radius 1 is 1.58 bits per heavy atom. The molecule has 1 fully saturated rings. The van der Waals surface area contributed by atoms with E-state index in [4.69, 9.17) is 5.26 Å². The highest BCUT2D eigenvalue weighted by molar-refractivity contribution is 5.77. The lowest BCUT2D eigenvalue weighted by atomic mass is 9.84. The van der Waals surface area contributed by atoms with Crippen LogP contribution in [0.25, 0.3) is 0 Å². The van der Waals surface area contributed by atoms with Gasteiger partial charge in [-0.05, 0) is 38.3 Å². The van der Waals surface area contributed by atoms with E-state index in [0.29, 0.717) is 12.0 Å². The Hall–Kier alpha value is -2.02. The SMILES string of the molecule is Cc1cccc(C#N)c1NC1CCCC1(C)C(=O)O. The standard InChI is InChI=1S/C15H18N2O2/c1-10-5-3-6-11(9-16)13(10)17-12-7-4-8-15(12,2)14(18)19/h3,5-6,12,17H,4,7-8H2,1-2H3,(H,18,19). The van der Waals surface area contributed by atoms with Gasteiger partial charge in [-0.3, -0.25) is 4.79 Å². The molecule has 1 aliphatic carbocycles. The molecule has 2 rings (SSSR count). The Kier molecular flexibility index (Phi) is 3.48. The first-order chi connectivity index (χ1) is 8.99. The van der Waals surface area contributed by atoms with Gasteiger partial charge in [0.25, 0.3) is 0 Å². The van der Waals surface area contributed by atoms with Gasteiger partial charge in [0.05, 0.1) is 16.7 Å². The van der Waals surface area contributed by atoms with E-state index in [2.05, 4.69) is 11.4 Å². The summed E-state index contributed by atoms with van der Waals surface area (Å²) >= 11 is 0. The van der Waals surface area contributed by atoms with Crippen molar-refractivity contribution in [2.75, 3.05) is 5.32 Å². The van der Waals surface area contributed by atoms with Crippen LogP contribution in [0.15, 0.2) is 18.2 Å². The van der Waals surface area contributed by atoms with Crippen LogP contribution in [0.4, 0.5) is 5.69 Å². The van der Waals surface area contributed by atoms with Crippen LogP contribution in [0.3, 0.4) is 0 Å². The molecule has 0 saturated heterocycles. The number of aliphatic carboxylic acids is 1. The molecule has 1 aromatic rings. The van der Waals surface area contributed by atoms with Gasteiger partial charge in [0.2, 0.25) is 0 Å². The summed E-state index contributed by atoms with van der Waals surface area (Å²) in [7, 11) is 0. The maximum absolute atomic E-state index is 11.5. The minimum absolute atomic E-state index is 0.127. The number of hydrogen-bond acceptors (Lipinski definition) is 3. The van der Waals surface area contributed by atoms with Crippen molar-refractivity contribution in [2.24, 2.45) is 5.41 Å². The number of nitriles is 1. The Labute approximate surface area is 113 Å². The molecule has 2 unspecified atom stereocenters. The third kappa shape index (κ3) is 2.28. The molecular weight excluding hydrogens is 240 g/mol. The second-order valence-corrected chi connectivity index (χ2v) is 5.42. The van der Waals surface area contributed by atoms with Crippen LogP contribution in [0, 0.1) is 23.7 Å². The zero-order chi connectivity index (χ0) is 14.0. The molecule has 0 aromatic heterocycles. The Morgan fingerprint density at radius 3 is 2.95 bits per heavy atom. The average Bonchev–Trinajstić information content (AvgIpc) is 2.75. The van der Waals surface area contributed by atoms with Gasteiger partial charge in [-0.2, -0.15) is 5.26 Å². The second-order valence-electron chi connectivity index (χ2n) is 5.42. The molecule has 0 heterocycles. The number of carboxylic acid groups (broad SMARTS) is 1. The van der Waals surface area contributed by atoms with Crippen LogP contribution in [-0.4, -0.2) is 17.1 Å². The van der Waals surface area contributed by atoms with Crippen LogP contribution in [0.1, 0.15) is 37.3 Å². The molecule has 2 N–H and O–H groups in total. The molecule has 4 nitrogen and oxygen atoms in total. The van der Waals surface area contributed by atoms with Crippen molar-refractivity contribution in [3.05, 3.63) is 29.3 Å². The van der Waals surface area contributed by atoms with Gasteiger partial charge in [0, 0.05) is 6.04 Å². The smallest absolute Gasteiger partial charge is 0.311 e. The molecule has 1 saturated carbocycles. The predicted molar refractivity (Wildman–Crippen MR) is 72.9 cm³/mol. The summed E-state index contributed by atoms with van der Waals surface area (Å²) in [5.74, 6) is -0.769. The highest BCUT2D eigenvalue weighted by Crippen LogP contribution is 2.40. The van der Waals surface area contributed by atoms with Crippen molar-refractivity contribution in [1.29, 1.82) is 5.26 Å². The number of nitrogens with one attached hydrogen (secondary N) is 1. The number of benzene rings is 1. The molecular formula is C15H18N2O2. The van der Waals surface area contributed by atoms with Crippen LogP contribution >= 0.6 is 0 Å². The number of carbonyl (C=O) groups is 1. The highest BCUT2D eigenvalue weighted by Gasteiger charge is 2.45. The monoisotopic (exact) mass is 258 g/mol. The van der Waals surface area contributed by atoms with Gasteiger partial charge >= 0.3 is 5.97 Å². The molecule has 1 aliphatic rings. The lowest BCUT2D eigenvalue weighted by molar-refractivity contribution is -0.147. The highest BCUT2D eigenvalue weighted by atomic mass is 16.4. The van der Waals surface area contributed by atoms with Crippen LogP contribution in [0.5, 0.6) is 0 Å². The van der Waals surface area contributed by atoms with E-state index in [1.54, 1.807) is 13.0 Å². The topological polar surface area (TPSA) is 73.1 Å². The van der Waals surface area contributed by atoms with Crippen molar-refractivity contribution in [2.45, 2.75) is 39.2 Å². The summed E-state index contributed by atoms with van der Waals surface area (Å²) in [6, 6.07) is 7.55. The van der Waals surface area contributed by atoms with Gasteiger partial charge in [0.1, 0.15) is 6.07 Å². The number of anilines is 1. The molecule has 0 radical (unpaired) electrons. The fourth-order valence-corrected chi connectivity index (χ4v) is 2.78. The van der Waals surface area contributed by atoms with E-state index in [1.807, 2.05) is 19.1 Å². The van der Waals surface area contributed by atoms with Crippen molar-refractivity contribution in [1.82, 2.24) is 0 Å². The molecule has 0 amide bonds. The Bertz CT molecular complexity index is 548. The summed E-state index contributed by atoms with van der Waals surface area (Å²) in [6.07, 6.45) is 2.39. The maximum Gasteiger partial charge on any atom is 0.311 e. The largest absolute Gasteiger partial charge is 0.481 e. The molecule has 100 valence electrons. The second kappa shape index (κ2) is 4.93. The van der Waals surface area contributed by atoms with Gasteiger partial charge < -0.3 is 10.4 Å². The zero-order valence-electron chi connectivity index (χ0n) is 11.2. The van der Waals surface area contributed by atoms with Crippen LogP contribution in [0.2, 0.25) is 0 Å². The van der Waals surface area contributed by atoms with E-state index < -0.39 is 11.4 Å². The summed E-state index contributed by atoms with van der Waals surface area (Å²) < 4.78 is 0. The summed E-state index contributed by atoms with van der Waals surface area (Å²) in [4.78, 5) is 11.5. The van der Waals surface area contributed by atoms with E-state index in [0.717, 1.165) is 24.1 Å². The third-order valence-corrected chi connectivity index (χ3v) is 4.16. The van der Waals surface area contributed by atoms with Crippen molar-refractivity contribution in [3.63, 3.8) is 0 Å². The molecule has 2 atom stereocenters. The van der Waals surface area contributed by atoms with Crippen molar-refractivity contribution in [3.8, 4) is 6.07 Å². The molecule has 4 heteroatoms. The number of nitrogens with zero attached hydrogens (tertiary/aromatic N) is 1. The van der Waals surface area contributed by atoms with Crippen molar-refractivity contribution >= 4 is 11.7 Å². The van der Waals surface area contributed by atoms with Crippen LogP contribution < -0.4 is 5.32 Å². The molecule has 0 spiro atoms. The first-order valence-electron chi connectivity index (χ1n) is 6.48. The fraction of sp³-hybridized carbons (Fsp3) is 0.467. The number of carboxylic acids is 1. The van der Waals surface area contributed by atoms with E-state index in [9.17, 15) is 9.90 Å². The first kappa shape index (κ1) is 13.4. The summed E-state index contributed by atoms with van der Waals surface area (Å²) in [6.45, 7) is 3.71. The Balaban J connectivity index is 2.32. The minimum atomic E-state index is -0.769. The number of rotatable bonds is 3. The van der Waals surface area contributed by atoms with Crippen molar-refractivity contribution < 1.29 is 9.90 Å². The average molecular weight is 258 g/mol.